The van der Waals surface area contributed by atoms with Crippen LogP contribution in [0.5, 0.6) is 5.75 Å². The minimum Gasteiger partial charge on any atom is -0.496 e. The Kier molecular flexibility index (Phi) is 5.45. The average molecular weight is 412 g/mol. The Balaban J connectivity index is 2.11. The van der Waals surface area contributed by atoms with Crippen LogP contribution >= 0.6 is 0 Å². The third kappa shape index (κ3) is 3.64. The lowest BCUT2D eigenvalue weighted by Crippen LogP contribution is -1.96. The summed E-state index contributed by atoms with van der Waals surface area (Å²) in [6, 6.07) is 14.0. The Morgan fingerprint density at radius 1 is 1.06 bits per heavy atom. The number of aromatic nitrogens is 2. The van der Waals surface area contributed by atoms with Crippen molar-refractivity contribution in [1.29, 1.82) is 0 Å². The fourth-order valence-electron chi connectivity index (χ4n) is 3.66. The molecule has 0 aliphatic rings. The lowest BCUT2D eigenvalue weighted by molar-refractivity contribution is 0.420. The fraction of sp³-hybridized carbons (Fsp3) is 0.0800. The van der Waals surface area contributed by atoms with Crippen molar-refractivity contribution in [1.82, 2.24) is 9.97 Å². The quantitative estimate of drug-likeness (QED) is 0.404. The summed E-state index contributed by atoms with van der Waals surface area (Å²) in [4.78, 5) is 12.9. The van der Waals surface area contributed by atoms with Crippen LogP contribution < -0.4 is 10.5 Å². The van der Waals surface area contributed by atoms with Crippen molar-refractivity contribution in [2.75, 3.05) is 12.8 Å². The van der Waals surface area contributed by atoms with Crippen LogP contribution in [0.25, 0.3) is 39.2 Å². The SMILES string of the molecule is C=Nc1nc(-c2ccccc2F)cc(-c2ccc(OC)c3cnc(N)cc23)c1/C=C\C. The number of benzene rings is 2. The van der Waals surface area contributed by atoms with Crippen LogP contribution in [0.4, 0.5) is 16.0 Å². The maximum absolute atomic E-state index is 14.6. The van der Waals surface area contributed by atoms with Gasteiger partial charge in [-0.1, -0.05) is 30.4 Å². The van der Waals surface area contributed by atoms with Gasteiger partial charge in [0.15, 0.2) is 5.82 Å². The molecule has 4 rings (SSSR count). The molecule has 5 nitrogen and oxygen atoms in total. The minimum absolute atomic E-state index is 0.359. The second kappa shape index (κ2) is 8.36. The summed E-state index contributed by atoms with van der Waals surface area (Å²) < 4.78 is 20.1. The molecule has 4 aromatic rings. The maximum atomic E-state index is 14.6. The summed E-state index contributed by atoms with van der Waals surface area (Å²) in [7, 11) is 1.61. The number of anilines is 1. The van der Waals surface area contributed by atoms with Gasteiger partial charge in [-0.3, -0.25) is 0 Å². The first-order valence-electron chi connectivity index (χ1n) is 9.69. The number of pyridine rings is 2. The van der Waals surface area contributed by atoms with Gasteiger partial charge in [0.2, 0.25) is 0 Å². The van der Waals surface area contributed by atoms with E-state index in [4.69, 9.17) is 10.5 Å². The van der Waals surface area contributed by atoms with Crippen molar-refractivity contribution in [2.45, 2.75) is 6.92 Å². The van der Waals surface area contributed by atoms with Gasteiger partial charge in [0.1, 0.15) is 17.4 Å². The molecule has 0 aliphatic heterocycles. The summed E-state index contributed by atoms with van der Waals surface area (Å²) in [6.07, 6.45) is 5.51. The van der Waals surface area contributed by atoms with Crippen LogP contribution in [0.15, 0.2) is 65.8 Å². The summed E-state index contributed by atoms with van der Waals surface area (Å²) in [5, 5.41) is 1.68. The van der Waals surface area contributed by atoms with Gasteiger partial charge < -0.3 is 10.5 Å². The molecule has 2 aromatic heterocycles. The Morgan fingerprint density at radius 2 is 1.87 bits per heavy atom. The zero-order valence-corrected chi connectivity index (χ0v) is 17.3. The van der Waals surface area contributed by atoms with Crippen LogP contribution in [-0.4, -0.2) is 23.8 Å². The zero-order chi connectivity index (χ0) is 22.0. The van der Waals surface area contributed by atoms with E-state index in [1.807, 2.05) is 37.3 Å². The van der Waals surface area contributed by atoms with Crippen LogP contribution in [0.3, 0.4) is 0 Å². The largest absolute Gasteiger partial charge is 0.496 e. The van der Waals surface area contributed by atoms with Gasteiger partial charge in [-0.2, -0.15) is 0 Å². The van der Waals surface area contributed by atoms with Crippen molar-refractivity contribution < 1.29 is 9.13 Å². The Hall–Kier alpha value is -4.06. The number of halogens is 1. The molecule has 0 spiro atoms. The fourth-order valence-corrected chi connectivity index (χ4v) is 3.66. The van der Waals surface area contributed by atoms with Gasteiger partial charge in [0.25, 0.3) is 0 Å². The first-order chi connectivity index (χ1) is 15.1. The van der Waals surface area contributed by atoms with E-state index >= 15 is 0 Å². The molecule has 0 atom stereocenters. The monoisotopic (exact) mass is 412 g/mol. The summed E-state index contributed by atoms with van der Waals surface area (Å²) in [5.41, 5.74) is 9.34. The Labute approximate surface area is 179 Å². The summed E-state index contributed by atoms with van der Waals surface area (Å²) >= 11 is 0. The van der Waals surface area contributed by atoms with Crippen molar-refractivity contribution in [3.05, 3.63) is 72.2 Å². The molecular formula is C25H21FN4O. The van der Waals surface area contributed by atoms with Gasteiger partial charge in [-0.15, -0.1) is 0 Å². The summed E-state index contributed by atoms with van der Waals surface area (Å²) in [5.74, 6) is 1.13. The molecule has 0 saturated carbocycles. The molecule has 0 aliphatic carbocycles. The van der Waals surface area contributed by atoms with Crippen LogP contribution in [0.1, 0.15) is 12.5 Å². The standard InChI is InChI=1S/C25H21FN4O/c1-4-7-16-18(12-22(30-25(16)28-2)17-8-5-6-9-21(17)26)15-10-11-23(31-3)20-14-29-24(27)13-19(15)20/h4-14H,2H2,1,3H3,(H2,27,29)/b7-4-. The third-order valence-electron chi connectivity index (χ3n) is 5.06. The first kappa shape index (κ1) is 20.2. The molecule has 0 saturated heterocycles. The maximum Gasteiger partial charge on any atom is 0.159 e. The van der Waals surface area contributed by atoms with Crippen molar-refractivity contribution >= 4 is 35.2 Å². The number of hydrogen-bond acceptors (Lipinski definition) is 5. The number of rotatable bonds is 5. The smallest absolute Gasteiger partial charge is 0.159 e. The molecular weight excluding hydrogens is 391 g/mol. The molecule has 31 heavy (non-hydrogen) atoms. The van der Waals surface area contributed by atoms with Crippen LogP contribution in [0.2, 0.25) is 0 Å². The normalized spacial score (nSPS) is 11.2. The lowest BCUT2D eigenvalue weighted by Gasteiger charge is -2.16. The molecule has 6 heteroatoms. The molecule has 2 aromatic carbocycles. The van der Waals surface area contributed by atoms with E-state index in [0.29, 0.717) is 28.6 Å². The number of hydrogen-bond donors (Lipinski definition) is 1. The van der Waals surface area contributed by atoms with Gasteiger partial charge in [0.05, 0.1) is 12.8 Å². The van der Waals surface area contributed by atoms with Gasteiger partial charge in [0, 0.05) is 22.7 Å². The molecule has 0 unspecified atom stereocenters. The first-order valence-corrected chi connectivity index (χ1v) is 9.69. The molecule has 2 heterocycles. The molecule has 154 valence electrons. The zero-order valence-electron chi connectivity index (χ0n) is 17.3. The molecule has 0 radical (unpaired) electrons. The summed E-state index contributed by atoms with van der Waals surface area (Å²) in [6.45, 7) is 5.59. The topological polar surface area (TPSA) is 73.4 Å². The second-order valence-corrected chi connectivity index (χ2v) is 6.90. The van der Waals surface area contributed by atoms with Crippen molar-refractivity contribution in [3.8, 4) is 28.1 Å². The highest BCUT2D eigenvalue weighted by Crippen LogP contribution is 2.40. The number of aliphatic imine (C=N–C) groups is 1. The van der Waals surface area contributed by atoms with E-state index in [1.165, 1.54) is 6.07 Å². The lowest BCUT2D eigenvalue weighted by atomic mass is 9.93. The molecule has 0 amide bonds. The van der Waals surface area contributed by atoms with Crippen LogP contribution in [0, 0.1) is 5.82 Å². The Morgan fingerprint density at radius 3 is 2.58 bits per heavy atom. The number of methoxy groups -OCH3 is 1. The molecule has 2 N–H and O–H groups in total. The second-order valence-electron chi connectivity index (χ2n) is 6.90. The predicted octanol–water partition coefficient (Wildman–Crippen LogP) is 6.06. The van der Waals surface area contributed by atoms with E-state index in [0.717, 1.165) is 27.5 Å². The van der Waals surface area contributed by atoms with Gasteiger partial charge in [-0.05, 0) is 60.5 Å². The van der Waals surface area contributed by atoms with Crippen LogP contribution in [-0.2, 0) is 0 Å². The number of ether oxygens (including phenoxy) is 1. The third-order valence-corrected chi connectivity index (χ3v) is 5.06. The highest BCUT2D eigenvalue weighted by Gasteiger charge is 2.18. The van der Waals surface area contributed by atoms with E-state index in [1.54, 1.807) is 37.6 Å². The highest BCUT2D eigenvalue weighted by molar-refractivity contribution is 6.03. The number of fused-ring (bicyclic) bond motifs is 1. The van der Waals surface area contributed by atoms with E-state index in [2.05, 4.69) is 21.7 Å². The number of nitrogens with two attached hydrogens (primary N) is 1. The minimum atomic E-state index is -0.359. The number of nitrogens with zero attached hydrogens (tertiary/aromatic N) is 3. The van der Waals surface area contributed by atoms with E-state index in [9.17, 15) is 4.39 Å². The van der Waals surface area contributed by atoms with Crippen molar-refractivity contribution in [2.24, 2.45) is 4.99 Å². The predicted molar refractivity (Wildman–Crippen MR) is 125 cm³/mol. The van der Waals surface area contributed by atoms with Gasteiger partial charge in [-0.25, -0.2) is 19.4 Å². The van der Waals surface area contributed by atoms with Gasteiger partial charge >= 0.3 is 0 Å². The molecule has 0 fully saturated rings. The average Bonchev–Trinajstić information content (AvgIpc) is 2.79. The number of nitrogen functional groups attached to an aromatic ring is 1. The highest BCUT2D eigenvalue weighted by atomic mass is 19.1. The Bertz CT molecular complexity index is 1330. The van der Waals surface area contributed by atoms with Crippen molar-refractivity contribution in [3.63, 3.8) is 0 Å². The van der Waals surface area contributed by atoms with E-state index < -0.39 is 0 Å². The van der Waals surface area contributed by atoms with E-state index in [-0.39, 0.29) is 5.82 Å². The molecule has 0 bridgehead atoms. The number of allylic oxidation sites excluding steroid dienone is 1.